The quantitative estimate of drug-likeness (QED) is 0.360. The van der Waals surface area contributed by atoms with Crippen LogP contribution in [0.5, 0.6) is 11.5 Å². The predicted molar refractivity (Wildman–Crippen MR) is 107 cm³/mol. The summed E-state index contributed by atoms with van der Waals surface area (Å²) < 4.78 is 22.6. The van der Waals surface area contributed by atoms with Crippen molar-refractivity contribution in [2.75, 3.05) is 34.3 Å². The Morgan fingerprint density at radius 1 is 1.07 bits per heavy atom. The number of aryl methyl sites for hydroxylation is 1. The zero-order valence-electron chi connectivity index (χ0n) is 16.6. The Bertz CT molecular complexity index is 863. The first-order chi connectivity index (χ1) is 13.1. The van der Waals surface area contributed by atoms with E-state index in [0.29, 0.717) is 22.4 Å². The Hall–Kier alpha value is -2.25. The summed E-state index contributed by atoms with van der Waals surface area (Å²) in [6.45, 7) is 2.68. The van der Waals surface area contributed by atoms with Gasteiger partial charge in [-0.2, -0.15) is 5.11 Å². The number of benzene rings is 2. The van der Waals surface area contributed by atoms with E-state index in [9.17, 15) is 14.6 Å². The average molecular weight is 408 g/mol. The molecule has 0 aromatic heterocycles. The fourth-order valence-electron chi connectivity index (χ4n) is 2.14. The predicted octanol–water partition coefficient (Wildman–Crippen LogP) is 4.57. The molecular formula is C19H27N3O5P+. The maximum Gasteiger partial charge on any atom is 0.527 e. The maximum absolute atomic E-state index is 12.0. The number of azo groups is 1. The largest absolute Gasteiger partial charge is 0.527 e. The summed E-state index contributed by atoms with van der Waals surface area (Å²) in [5, 5.41) is 18.0. The van der Waals surface area contributed by atoms with Crippen molar-refractivity contribution in [3.63, 3.8) is 0 Å². The number of phosphoric ester groups is 1. The van der Waals surface area contributed by atoms with E-state index in [1.54, 1.807) is 24.3 Å². The van der Waals surface area contributed by atoms with Gasteiger partial charge in [0, 0.05) is 0 Å². The van der Waals surface area contributed by atoms with Gasteiger partial charge < -0.3 is 14.1 Å². The lowest BCUT2D eigenvalue weighted by Crippen LogP contribution is -2.37. The van der Waals surface area contributed by atoms with Crippen LogP contribution in [-0.2, 0) is 15.5 Å². The zero-order valence-corrected chi connectivity index (χ0v) is 17.5. The number of hydrogen-bond donors (Lipinski definition) is 2. The summed E-state index contributed by atoms with van der Waals surface area (Å²) in [6, 6.07) is 11.4. The Kier molecular flexibility index (Phi) is 7.32. The molecule has 0 aliphatic heterocycles. The van der Waals surface area contributed by atoms with Crippen LogP contribution in [0, 0.1) is 0 Å². The van der Waals surface area contributed by atoms with Gasteiger partial charge in [0.2, 0.25) is 0 Å². The van der Waals surface area contributed by atoms with Crippen LogP contribution < -0.4 is 4.52 Å². The highest BCUT2D eigenvalue weighted by Crippen LogP contribution is 2.44. The third kappa shape index (κ3) is 7.40. The van der Waals surface area contributed by atoms with E-state index in [1.807, 2.05) is 34.1 Å². The van der Waals surface area contributed by atoms with E-state index in [4.69, 9.17) is 9.05 Å². The zero-order chi connectivity index (χ0) is 20.8. The van der Waals surface area contributed by atoms with Crippen LogP contribution in [0.25, 0.3) is 0 Å². The molecule has 0 aliphatic rings. The Morgan fingerprint density at radius 2 is 1.75 bits per heavy atom. The molecule has 0 saturated carbocycles. The highest BCUT2D eigenvalue weighted by atomic mass is 31.2. The van der Waals surface area contributed by atoms with E-state index in [1.165, 1.54) is 12.1 Å². The number of quaternary nitrogens is 1. The van der Waals surface area contributed by atoms with Crippen LogP contribution >= 0.6 is 7.82 Å². The lowest BCUT2D eigenvalue weighted by molar-refractivity contribution is -0.870. The maximum atomic E-state index is 12.0. The van der Waals surface area contributed by atoms with Crippen molar-refractivity contribution in [3.8, 4) is 11.5 Å². The highest BCUT2D eigenvalue weighted by Gasteiger charge is 2.24. The van der Waals surface area contributed by atoms with E-state index in [2.05, 4.69) is 10.2 Å². The second-order valence-corrected chi connectivity index (χ2v) is 8.66. The normalized spacial score (nSPS) is 14.2. The molecule has 28 heavy (non-hydrogen) atoms. The molecule has 0 heterocycles. The summed E-state index contributed by atoms with van der Waals surface area (Å²) in [4.78, 5) is 9.80. The van der Waals surface area contributed by atoms with Crippen molar-refractivity contribution in [1.82, 2.24) is 0 Å². The third-order valence-electron chi connectivity index (χ3n) is 3.80. The number of nitrogens with zero attached hydrogens (tertiary/aromatic N) is 3. The van der Waals surface area contributed by atoms with Crippen molar-refractivity contribution >= 4 is 19.2 Å². The average Bonchev–Trinajstić information content (AvgIpc) is 2.60. The van der Waals surface area contributed by atoms with E-state index < -0.39 is 7.82 Å². The van der Waals surface area contributed by atoms with Gasteiger partial charge in [-0.1, -0.05) is 13.0 Å². The highest BCUT2D eigenvalue weighted by molar-refractivity contribution is 7.47. The molecule has 152 valence electrons. The number of phenolic OH excluding ortho intramolecular Hbond substituents is 1. The number of rotatable bonds is 9. The molecule has 0 bridgehead atoms. The SMILES string of the molecule is CCc1ccc(O)c(N=Nc2ccc(OP(=O)(O)OCC[N+](C)(C)C)cc2)c1. The molecule has 2 rings (SSSR count). The number of phosphoric acid groups is 1. The molecule has 9 heteroatoms. The second kappa shape index (κ2) is 9.30. The molecule has 2 aromatic rings. The van der Waals surface area contributed by atoms with Gasteiger partial charge in [-0.25, -0.2) is 4.57 Å². The Labute approximate surface area is 165 Å². The van der Waals surface area contributed by atoms with Crippen molar-refractivity contribution in [2.45, 2.75) is 13.3 Å². The van der Waals surface area contributed by atoms with Crippen molar-refractivity contribution in [2.24, 2.45) is 10.2 Å². The summed E-state index contributed by atoms with van der Waals surface area (Å²) in [7, 11) is 1.68. The van der Waals surface area contributed by atoms with Crippen molar-refractivity contribution < 1.29 is 28.1 Å². The molecule has 1 unspecified atom stereocenters. The van der Waals surface area contributed by atoms with Crippen LogP contribution in [0.4, 0.5) is 11.4 Å². The van der Waals surface area contributed by atoms with Crippen molar-refractivity contribution in [3.05, 3.63) is 48.0 Å². The molecule has 0 fully saturated rings. The molecule has 2 aromatic carbocycles. The van der Waals surface area contributed by atoms with Crippen LogP contribution in [0.1, 0.15) is 12.5 Å². The lowest BCUT2D eigenvalue weighted by atomic mass is 10.1. The topological polar surface area (TPSA) is 101 Å². The first-order valence-corrected chi connectivity index (χ1v) is 10.4. The molecule has 8 nitrogen and oxygen atoms in total. The van der Waals surface area contributed by atoms with Gasteiger partial charge in [0.1, 0.15) is 30.3 Å². The minimum absolute atomic E-state index is 0.0492. The van der Waals surface area contributed by atoms with E-state index >= 15 is 0 Å². The first kappa shape index (κ1) is 22.0. The summed E-state index contributed by atoms with van der Waals surface area (Å²) in [5.74, 6) is 0.235. The van der Waals surface area contributed by atoms with Gasteiger partial charge in [-0.3, -0.25) is 9.42 Å². The molecule has 0 amide bonds. The van der Waals surface area contributed by atoms with Gasteiger partial charge >= 0.3 is 7.82 Å². The summed E-state index contributed by atoms with van der Waals surface area (Å²) in [5.41, 5.74) is 1.93. The third-order valence-corrected chi connectivity index (χ3v) is 4.75. The summed E-state index contributed by atoms with van der Waals surface area (Å²) in [6.07, 6.45) is 0.826. The first-order valence-electron chi connectivity index (χ1n) is 8.89. The monoisotopic (exact) mass is 408 g/mol. The molecule has 0 spiro atoms. The van der Waals surface area contributed by atoms with E-state index in [0.717, 1.165) is 12.0 Å². The summed E-state index contributed by atoms with van der Waals surface area (Å²) >= 11 is 0. The lowest BCUT2D eigenvalue weighted by Gasteiger charge is -2.24. The standard InChI is InChI=1S/C19H26N3O5P/c1-5-15-6-11-19(23)18(14-15)21-20-16-7-9-17(10-8-16)27-28(24,25)26-13-12-22(2,3)4/h6-11,14H,5,12-13H2,1-4H3,(H-,20,23,24,25)/p+1. The van der Waals surface area contributed by atoms with Crippen molar-refractivity contribution in [1.29, 1.82) is 0 Å². The van der Waals surface area contributed by atoms with Gasteiger partial charge in [-0.05, 0) is 48.4 Å². The number of phenols is 1. The van der Waals surface area contributed by atoms with E-state index in [-0.39, 0.29) is 18.1 Å². The minimum atomic E-state index is -4.19. The second-order valence-electron chi connectivity index (χ2n) is 7.28. The molecular weight excluding hydrogens is 381 g/mol. The molecule has 0 saturated heterocycles. The smallest absolute Gasteiger partial charge is 0.506 e. The fraction of sp³-hybridized carbons (Fsp3) is 0.368. The molecule has 0 radical (unpaired) electrons. The van der Waals surface area contributed by atoms with Crippen LogP contribution in [0.2, 0.25) is 0 Å². The van der Waals surface area contributed by atoms with Gasteiger partial charge in [0.05, 0.1) is 26.8 Å². The molecule has 0 aliphatic carbocycles. The fourth-order valence-corrected chi connectivity index (χ4v) is 2.90. The van der Waals surface area contributed by atoms with Gasteiger partial charge in [-0.15, -0.1) is 5.11 Å². The van der Waals surface area contributed by atoms with Crippen LogP contribution in [0.3, 0.4) is 0 Å². The van der Waals surface area contributed by atoms with Crippen LogP contribution in [0.15, 0.2) is 52.7 Å². The van der Waals surface area contributed by atoms with Gasteiger partial charge in [0.15, 0.2) is 0 Å². The number of likely N-dealkylation sites (N-methyl/N-ethyl adjacent to an activating group) is 1. The minimum Gasteiger partial charge on any atom is -0.506 e. The molecule has 1 atom stereocenters. The Morgan fingerprint density at radius 3 is 2.36 bits per heavy atom. The number of hydrogen-bond acceptors (Lipinski definition) is 6. The Balaban J connectivity index is 1.98. The van der Waals surface area contributed by atoms with Gasteiger partial charge in [0.25, 0.3) is 0 Å². The van der Waals surface area contributed by atoms with Crippen LogP contribution in [-0.4, -0.2) is 48.8 Å². The molecule has 2 N–H and O–H groups in total. The number of aromatic hydroxyl groups is 1.